The van der Waals surface area contributed by atoms with Crippen LogP contribution in [-0.2, 0) is 0 Å². The van der Waals surface area contributed by atoms with Crippen molar-refractivity contribution in [1.82, 2.24) is 10.4 Å². The van der Waals surface area contributed by atoms with Crippen molar-refractivity contribution in [2.24, 2.45) is 5.10 Å². The number of pyridine rings is 1. The van der Waals surface area contributed by atoms with Gasteiger partial charge in [-0.15, -0.1) is 0 Å². The quantitative estimate of drug-likeness (QED) is 0.257. The normalized spacial score (nSPS) is 11.8. The average molecular weight is 432 g/mol. The zero-order valence-corrected chi connectivity index (χ0v) is 18.5. The predicted molar refractivity (Wildman–Crippen MR) is 126 cm³/mol. The molecule has 0 bridgehead atoms. The first-order valence-corrected chi connectivity index (χ1v) is 10.9. The molecule has 1 amide bonds. The Morgan fingerprint density at radius 3 is 2.50 bits per heavy atom. The second-order valence-corrected chi connectivity index (χ2v) is 7.40. The highest BCUT2D eigenvalue weighted by Crippen LogP contribution is 2.28. The van der Waals surface area contributed by atoms with Crippen molar-refractivity contribution in [2.45, 2.75) is 32.6 Å². The average Bonchev–Trinajstić information content (AvgIpc) is 2.85. The number of para-hydroxylation sites is 1. The number of carbonyl (C=O) groups excluding carboxylic acids is 1. The SMILES string of the molecule is CCC(C)c1ccccc1OCCCOc1ccc(C=NNC(=O)c2ccncc2)cc1. The highest BCUT2D eigenvalue weighted by Gasteiger charge is 2.09. The van der Waals surface area contributed by atoms with Gasteiger partial charge in [-0.3, -0.25) is 9.78 Å². The summed E-state index contributed by atoms with van der Waals surface area (Å²) < 4.78 is 11.8. The summed E-state index contributed by atoms with van der Waals surface area (Å²) in [5.41, 5.74) is 5.12. The summed E-state index contributed by atoms with van der Waals surface area (Å²) in [5.74, 6) is 1.94. The molecule has 6 nitrogen and oxygen atoms in total. The van der Waals surface area contributed by atoms with E-state index in [1.807, 2.05) is 36.4 Å². The first-order chi connectivity index (χ1) is 15.7. The number of hydrazone groups is 1. The Kier molecular flexibility index (Phi) is 8.80. The number of ether oxygens (including phenoxy) is 2. The minimum atomic E-state index is -0.280. The third-order valence-electron chi connectivity index (χ3n) is 5.08. The molecular formula is C26H29N3O3. The summed E-state index contributed by atoms with van der Waals surface area (Å²) in [7, 11) is 0. The lowest BCUT2D eigenvalue weighted by Gasteiger charge is -2.15. The molecule has 166 valence electrons. The number of rotatable bonds is 11. The Labute approximate surface area is 189 Å². The van der Waals surface area contributed by atoms with Gasteiger partial charge >= 0.3 is 0 Å². The van der Waals surface area contributed by atoms with Gasteiger partial charge in [0, 0.05) is 24.4 Å². The van der Waals surface area contributed by atoms with E-state index in [-0.39, 0.29) is 5.91 Å². The molecule has 1 heterocycles. The van der Waals surface area contributed by atoms with Crippen LogP contribution in [0.5, 0.6) is 11.5 Å². The topological polar surface area (TPSA) is 72.8 Å². The molecule has 0 aliphatic carbocycles. The standard InChI is InChI=1S/C26H29N3O3/c1-3-20(2)24-7-4-5-8-25(24)32-18-6-17-31-23-11-9-21(10-12-23)19-28-29-26(30)22-13-15-27-16-14-22/h4-5,7-16,19-20H,3,6,17-18H2,1-2H3,(H,29,30). The molecule has 2 aromatic carbocycles. The molecule has 1 N–H and O–H groups in total. The van der Waals surface area contributed by atoms with E-state index in [9.17, 15) is 4.79 Å². The van der Waals surface area contributed by atoms with E-state index in [1.54, 1.807) is 30.7 Å². The van der Waals surface area contributed by atoms with Gasteiger partial charge in [0.2, 0.25) is 0 Å². The van der Waals surface area contributed by atoms with Gasteiger partial charge < -0.3 is 9.47 Å². The van der Waals surface area contributed by atoms with Gasteiger partial charge in [-0.1, -0.05) is 32.0 Å². The molecule has 1 unspecified atom stereocenters. The summed E-state index contributed by atoms with van der Waals surface area (Å²) in [5, 5.41) is 3.99. The van der Waals surface area contributed by atoms with E-state index in [0.717, 1.165) is 29.9 Å². The molecule has 1 atom stereocenters. The monoisotopic (exact) mass is 431 g/mol. The van der Waals surface area contributed by atoms with Crippen LogP contribution in [0.3, 0.4) is 0 Å². The number of benzene rings is 2. The molecule has 32 heavy (non-hydrogen) atoms. The smallest absolute Gasteiger partial charge is 0.271 e. The fraction of sp³-hybridized carbons (Fsp3) is 0.269. The Morgan fingerprint density at radius 1 is 1.03 bits per heavy atom. The molecule has 0 aliphatic heterocycles. The van der Waals surface area contributed by atoms with Crippen LogP contribution in [0.2, 0.25) is 0 Å². The van der Waals surface area contributed by atoms with Crippen molar-refractivity contribution < 1.29 is 14.3 Å². The van der Waals surface area contributed by atoms with Crippen LogP contribution >= 0.6 is 0 Å². The second kappa shape index (κ2) is 12.2. The van der Waals surface area contributed by atoms with Gasteiger partial charge in [0.05, 0.1) is 19.4 Å². The number of carbonyl (C=O) groups is 1. The zero-order valence-electron chi connectivity index (χ0n) is 18.5. The van der Waals surface area contributed by atoms with Crippen LogP contribution in [0, 0.1) is 0 Å². The van der Waals surface area contributed by atoms with Crippen molar-refractivity contribution in [3.05, 3.63) is 89.7 Å². The maximum Gasteiger partial charge on any atom is 0.271 e. The largest absolute Gasteiger partial charge is 0.493 e. The molecule has 3 rings (SSSR count). The maximum absolute atomic E-state index is 11.9. The van der Waals surface area contributed by atoms with E-state index >= 15 is 0 Å². The molecule has 0 aliphatic rings. The number of amides is 1. The van der Waals surface area contributed by atoms with Gasteiger partial charge in [0.1, 0.15) is 11.5 Å². The second-order valence-electron chi connectivity index (χ2n) is 7.40. The van der Waals surface area contributed by atoms with Crippen LogP contribution in [-0.4, -0.2) is 30.3 Å². The highest BCUT2D eigenvalue weighted by molar-refractivity contribution is 5.94. The Hall–Kier alpha value is -3.67. The lowest BCUT2D eigenvalue weighted by molar-refractivity contribution is 0.0955. The van der Waals surface area contributed by atoms with Crippen molar-refractivity contribution in [2.75, 3.05) is 13.2 Å². The molecule has 0 fully saturated rings. The van der Waals surface area contributed by atoms with Crippen LogP contribution in [0.25, 0.3) is 0 Å². The van der Waals surface area contributed by atoms with Crippen LogP contribution in [0.15, 0.2) is 78.2 Å². The minimum Gasteiger partial charge on any atom is -0.493 e. The molecule has 0 saturated carbocycles. The number of nitrogens with zero attached hydrogens (tertiary/aromatic N) is 2. The number of hydrogen-bond donors (Lipinski definition) is 1. The molecular weight excluding hydrogens is 402 g/mol. The van der Waals surface area contributed by atoms with Gasteiger partial charge in [-0.25, -0.2) is 5.43 Å². The van der Waals surface area contributed by atoms with E-state index in [1.165, 1.54) is 5.56 Å². The maximum atomic E-state index is 11.9. The van der Waals surface area contributed by atoms with Crippen LogP contribution in [0.1, 0.15) is 54.1 Å². The van der Waals surface area contributed by atoms with Crippen LogP contribution in [0.4, 0.5) is 0 Å². The van der Waals surface area contributed by atoms with Gasteiger partial charge in [0.25, 0.3) is 5.91 Å². The summed E-state index contributed by atoms with van der Waals surface area (Å²) in [6, 6.07) is 19.0. The van der Waals surface area contributed by atoms with Gasteiger partial charge in [0.15, 0.2) is 0 Å². The van der Waals surface area contributed by atoms with E-state index in [2.05, 4.69) is 41.5 Å². The van der Waals surface area contributed by atoms with Crippen molar-refractivity contribution in [1.29, 1.82) is 0 Å². The third-order valence-corrected chi connectivity index (χ3v) is 5.08. The van der Waals surface area contributed by atoms with Gasteiger partial charge in [-0.2, -0.15) is 5.10 Å². The lowest BCUT2D eigenvalue weighted by atomic mass is 9.98. The lowest BCUT2D eigenvalue weighted by Crippen LogP contribution is -2.17. The summed E-state index contributed by atoms with van der Waals surface area (Å²) in [6.07, 6.45) is 6.59. The summed E-state index contributed by atoms with van der Waals surface area (Å²) >= 11 is 0. The Bertz CT molecular complexity index is 1000. The first-order valence-electron chi connectivity index (χ1n) is 10.9. The molecule has 0 radical (unpaired) electrons. The summed E-state index contributed by atoms with van der Waals surface area (Å²) in [6.45, 7) is 5.58. The predicted octanol–water partition coefficient (Wildman–Crippen LogP) is 5.21. The van der Waals surface area contributed by atoms with Crippen molar-refractivity contribution in [3.8, 4) is 11.5 Å². The molecule has 3 aromatic rings. The van der Waals surface area contributed by atoms with Crippen molar-refractivity contribution in [3.63, 3.8) is 0 Å². The summed E-state index contributed by atoms with van der Waals surface area (Å²) in [4.78, 5) is 15.8. The van der Waals surface area contributed by atoms with E-state index in [0.29, 0.717) is 24.7 Å². The molecule has 0 saturated heterocycles. The van der Waals surface area contributed by atoms with E-state index < -0.39 is 0 Å². The molecule has 6 heteroatoms. The Morgan fingerprint density at radius 2 is 1.75 bits per heavy atom. The molecule has 1 aromatic heterocycles. The molecule has 0 spiro atoms. The first kappa shape index (κ1) is 23.0. The van der Waals surface area contributed by atoms with Crippen molar-refractivity contribution >= 4 is 12.1 Å². The fourth-order valence-corrected chi connectivity index (χ4v) is 3.05. The highest BCUT2D eigenvalue weighted by atomic mass is 16.5. The third kappa shape index (κ3) is 6.94. The van der Waals surface area contributed by atoms with Crippen LogP contribution < -0.4 is 14.9 Å². The minimum absolute atomic E-state index is 0.280. The van der Waals surface area contributed by atoms with E-state index in [4.69, 9.17) is 9.47 Å². The number of nitrogens with one attached hydrogen (secondary N) is 1. The fourth-order valence-electron chi connectivity index (χ4n) is 3.05. The Balaban J connectivity index is 1.39. The van der Waals surface area contributed by atoms with Gasteiger partial charge in [-0.05, 0) is 65.9 Å². The number of aromatic nitrogens is 1. The number of hydrogen-bond acceptors (Lipinski definition) is 5. The zero-order chi connectivity index (χ0) is 22.6.